The minimum absolute atomic E-state index is 0.169. The molecule has 0 spiro atoms. The van der Waals surface area contributed by atoms with Crippen LogP contribution in [-0.2, 0) is 12.8 Å². The number of aryl methyl sites for hydroxylation is 2. The molecule has 5 nitrogen and oxygen atoms in total. The van der Waals surface area contributed by atoms with Crippen LogP contribution in [-0.4, -0.2) is 21.1 Å². The van der Waals surface area contributed by atoms with Gasteiger partial charge in [-0.3, -0.25) is 10.1 Å². The second kappa shape index (κ2) is 4.16. The minimum Gasteiger partial charge on any atom is -0.291 e. The number of hydrogen-bond donors (Lipinski definition) is 2. The van der Waals surface area contributed by atoms with E-state index in [1.807, 2.05) is 24.3 Å². The van der Waals surface area contributed by atoms with Crippen LogP contribution in [0, 0.1) is 0 Å². The van der Waals surface area contributed by atoms with E-state index in [1.54, 1.807) is 0 Å². The Labute approximate surface area is 115 Å². The summed E-state index contributed by atoms with van der Waals surface area (Å²) in [5.41, 5.74) is 3.32. The first-order valence-corrected chi connectivity index (χ1v) is 6.53. The molecule has 2 aromatic carbocycles. The number of hydrogen-bond acceptors (Lipinski definition) is 3. The molecule has 0 saturated carbocycles. The summed E-state index contributed by atoms with van der Waals surface area (Å²) < 4.78 is 0. The third-order valence-electron chi connectivity index (χ3n) is 3.77. The number of anilines is 1. The number of nitrogens with zero attached hydrogens (tertiary/aromatic N) is 2. The number of benzene rings is 2. The smallest absolute Gasteiger partial charge is 0.258 e. The summed E-state index contributed by atoms with van der Waals surface area (Å²) in [5, 5.41) is 11.3. The molecule has 0 bridgehead atoms. The predicted octanol–water partition coefficient (Wildman–Crippen LogP) is 2.31. The summed E-state index contributed by atoms with van der Waals surface area (Å²) in [4.78, 5) is 16.3. The van der Waals surface area contributed by atoms with Crippen molar-refractivity contribution in [3.05, 3.63) is 53.3 Å². The van der Waals surface area contributed by atoms with Gasteiger partial charge in [-0.05, 0) is 40.8 Å². The van der Waals surface area contributed by atoms with Crippen LogP contribution in [0.25, 0.3) is 10.8 Å². The van der Waals surface area contributed by atoms with Crippen LogP contribution in [0.2, 0.25) is 0 Å². The molecule has 1 aliphatic rings. The summed E-state index contributed by atoms with van der Waals surface area (Å²) in [7, 11) is 0. The van der Waals surface area contributed by atoms with Gasteiger partial charge >= 0.3 is 0 Å². The van der Waals surface area contributed by atoms with Gasteiger partial charge in [0.25, 0.3) is 5.91 Å². The standard InChI is InChI=1S/C15H12N4O/c20-14(18-15-16-8-17-19-15)12-7-6-10-5-4-9-2-1-3-11(12)13(9)10/h1-3,6-8H,4-5H2,(H2,16,17,18,19,20). The van der Waals surface area contributed by atoms with Crippen molar-refractivity contribution in [2.45, 2.75) is 12.8 Å². The lowest BCUT2D eigenvalue weighted by Gasteiger charge is -2.08. The van der Waals surface area contributed by atoms with E-state index in [-0.39, 0.29) is 5.91 Å². The lowest BCUT2D eigenvalue weighted by molar-refractivity contribution is 0.102. The van der Waals surface area contributed by atoms with Crippen molar-refractivity contribution in [1.29, 1.82) is 0 Å². The predicted molar refractivity (Wildman–Crippen MR) is 75.7 cm³/mol. The molecule has 1 aliphatic carbocycles. The first kappa shape index (κ1) is 11.2. The number of amides is 1. The second-order valence-electron chi connectivity index (χ2n) is 4.90. The first-order chi connectivity index (χ1) is 9.83. The summed E-state index contributed by atoms with van der Waals surface area (Å²) in [5.74, 6) is 0.190. The van der Waals surface area contributed by atoms with Gasteiger partial charge in [0.15, 0.2) is 0 Å². The lowest BCUT2D eigenvalue weighted by Crippen LogP contribution is -2.13. The average Bonchev–Trinajstić information content (AvgIpc) is 3.10. The molecule has 20 heavy (non-hydrogen) atoms. The number of rotatable bonds is 2. The van der Waals surface area contributed by atoms with E-state index >= 15 is 0 Å². The third kappa shape index (κ3) is 1.60. The maximum atomic E-state index is 12.4. The Morgan fingerprint density at radius 3 is 2.80 bits per heavy atom. The topological polar surface area (TPSA) is 70.7 Å². The molecule has 1 amide bonds. The van der Waals surface area contributed by atoms with Crippen molar-refractivity contribution in [3.8, 4) is 0 Å². The van der Waals surface area contributed by atoms with E-state index < -0.39 is 0 Å². The van der Waals surface area contributed by atoms with Crippen molar-refractivity contribution < 1.29 is 4.79 Å². The highest BCUT2D eigenvalue weighted by atomic mass is 16.1. The van der Waals surface area contributed by atoms with Gasteiger partial charge < -0.3 is 0 Å². The van der Waals surface area contributed by atoms with Crippen LogP contribution in [0.1, 0.15) is 21.5 Å². The molecule has 0 atom stereocenters. The van der Waals surface area contributed by atoms with Crippen LogP contribution in [0.4, 0.5) is 5.95 Å². The average molecular weight is 264 g/mol. The highest BCUT2D eigenvalue weighted by Crippen LogP contribution is 2.32. The minimum atomic E-state index is -0.169. The van der Waals surface area contributed by atoms with E-state index in [1.165, 1.54) is 22.8 Å². The molecular formula is C15H12N4O. The fourth-order valence-electron chi connectivity index (χ4n) is 2.89. The zero-order valence-corrected chi connectivity index (χ0v) is 10.7. The Balaban J connectivity index is 1.83. The van der Waals surface area contributed by atoms with Gasteiger partial charge in [-0.15, -0.1) is 0 Å². The van der Waals surface area contributed by atoms with Crippen molar-refractivity contribution in [2.24, 2.45) is 0 Å². The van der Waals surface area contributed by atoms with E-state index in [4.69, 9.17) is 0 Å². The molecule has 0 saturated heterocycles. The Hall–Kier alpha value is -2.69. The number of aromatic nitrogens is 3. The fraction of sp³-hybridized carbons (Fsp3) is 0.133. The van der Waals surface area contributed by atoms with E-state index in [9.17, 15) is 4.79 Å². The molecule has 5 heteroatoms. The van der Waals surface area contributed by atoms with E-state index in [0.29, 0.717) is 11.5 Å². The van der Waals surface area contributed by atoms with Gasteiger partial charge in [0.05, 0.1) is 0 Å². The quantitative estimate of drug-likeness (QED) is 0.746. The van der Waals surface area contributed by atoms with E-state index in [0.717, 1.165) is 18.2 Å². The van der Waals surface area contributed by atoms with Crippen LogP contribution in [0.3, 0.4) is 0 Å². The van der Waals surface area contributed by atoms with Gasteiger partial charge in [-0.1, -0.05) is 24.3 Å². The van der Waals surface area contributed by atoms with Crippen LogP contribution >= 0.6 is 0 Å². The maximum absolute atomic E-state index is 12.4. The van der Waals surface area contributed by atoms with Gasteiger partial charge in [-0.25, -0.2) is 5.10 Å². The van der Waals surface area contributed by atoms with Gasteiger partial charge in [0, 0.05) is 5.56 Å². The summed E-state index contributed by atoms with van der Waals surface area (Å²) in [6.07, 6.45) is 3.47. The van der Waals surface area contributed by atoms with Crippen LogP contribution < -0.4 is 5.32 Å². The molecule has 0 fully saturated rings. The van der Waals surface area contributed by atoms with Crippen LogP contribution in [0.15, 0.2) is 36.7 Å². The number of H-pyrrole nitrogens is 1. The number of aromatic amines is 1. The summed E-state index contributed by atoms with van der Waals surface area (Å²) in [6, 6.07) is 10.1. The Kier molecular flexibility index (Phi) is 2.32. The SMILES string of the molecule is O=C(Nc1ncn[nH]1)c1ccc2c3c(cccc13)CC2. The van der Waals surface area contributed by atoms with Crippen molar-refractivity contribution >= 4 is 22.6 Å². The lowest BCUT2D eigenvalue weighted by atomic mass is 9.99. The zero-order chi connectivity index (χ0) is 13.5. The Morgan fingerprint density at radius 1 is 1.15 bits per heavy atom. The summed E-state index contributed by atoms with van der Waals surface area (Å²) in [6.45, 7) is 0. The fourth-order valence-corrected chi connectivity index (χ4v) is 2.89. The molecule has 1 aromatic heterocycles. The number of carbonyl (C=O) groups is 1. The Bertz CT molecular complexity index is 798. The molecule has 3 aromatic rings. The molecule has 0 aliphatic heterocycles. The van der Waals surface area contributed by atoms with E-state index in [2.05, 4.69) is 26.6 Å². The monoisotopic (exact) mass is 264 g/mol. The molecule has 1 heterocycles. The van der Waals surface area contributed by atoms with Crippen molar-refractivity contribution in [1.82, 2.24) is 15.2 Å². The second-order valence-corrected chi connectivity index (χ2v) is 4.90. The van der Waals surface area contributed by atoms with Crippen molar-refractivity contribution in [2.75, 3.05) is 5.32 Å². The molecule has 2 N–H and O–H groups in total. The molecule has 0 radical (unpaired) electrons. The molecule has 98 valence electrons. The van der Waals surface area contributed by atoms with Gasteiger partial charge in [0.2, 0.25) is 5.95 Å². The van der Waals surface area contributed by atoms with Crippen LogP contribution in [0.5, 0.6) is 0 Å². The number of carbonyl (C=O) groups excluding carboxylic acids is 1. The largest absolute Gasteiger partial charge is 0.291 e. The van der Waals surface area contributed by atoms with Gasteiger partial charge in [-0.2, -0.15) is 10.1 Å². The zero-order valence-electron chi connectivity index (χ0n) is 10.7. The normalized spacial score (nSPS) is 12.8. The number of nitrogens with one attached hydrogen (secondary N) is 2. The van der Waals surface area contributed by atoms with Gasteiger partial charge in [0.1, 0.15) is 6.33 Å². The summed E-state index contributed by atoms with van der Waals surface area (Å²) >= 11 is 0. The van der Waals surface area contributed by atoms with Crippen molar-refractivity contribution in [3.63, 3.8) is 0 Å². The highest BCUT2D eigenvalue weighted by Gasteiger charge is 2.18. The third-order valence-corrected chi connectivity index (χ3v) is 3.77. The molecule has 4 rings (SSSR count). The molecule has 0 unspecified atom stereocenters. The highest BCUT2D eigenvalue weighted by molar-refractivity contribution is 6.13. The molecular weight excluding hydrogens is 252 g/mol. The maximum Gasteiger partial charge on any atom is 0.258 e. The Morgan fingerprint density at radius 2 is 2.00 bits per heavy atom. The first-order valence-electron chi connectivity index (χ1n) is 6.53.